The Balaban J connectivity index is 1.86. The molecular formula is C15H14O3. The zero-order valence-corrected chi connectivity index (χ0v) is 9.84. The molecule has 2 aromatic rings. The van der Waals surface area contributed by atoms with Gasteiger partial charge in [0.05, 0.1) is 0 Å². The van der Waals surface area contributed by atoms with Gasteiger partial charge >= 0.3 is 0 Å². The van der Waals surface area contributed by atoms with Gasteiger partial charge in [-0.1, -0.05) is 12.1 Å². The lowest BCUT2D eigenvalue weighted by molar-refractivity contribution is 0.176. The molecule has 1 unspecified atom stereocenters. The highest BCUT2D eigenvalue weighted by Crippen LogP contribution is 2.36. The van der Waals surface area contributed by atoms with Crippen molar-refractivity contribution in [1.82, 2.24) is 0 Å². The average Bonchev–Trinajstić information content (AvgIpc) is 2.39. The summed E-state index contributed by atoms with van der Waals surface area (Å²) in [4.78, 5) is 0. The van der Waals surface area contributed by atoms with Crippen molar-refractivity contribution in [2.75, 3.05) is 0 Å². The molecule has 0 bridgehead atoms. The van der Waals surface area contributed by atoms with E-state index in [1.165, 1.54) is 0 Å². The zero-order chi connectivity index (χ0) is 12.5. The molecule has 0 amide bonds. The van der Waals surface area contributed by atoms with Crippen LogP contribution in [0, 0.1) is 0 Å². The van der Waals surface area contributed by atoms with Crippen molar-refractivity contribution in [3.05, 3.63) is 53.6 Å². The van der Waals surface area contributed by atoms with Gasteiger partial charge in [-0.3, -0.25) is 0 Å². The smallest absolute Gasteiger partial charge is 0.124 e. The van der Waals surface area contributed by atoms with Crippen LogP contribution in [0.5, 0.6) is 17.2 Å². The monoisotopic (exact) mass is 242 g/mol. The number of fused-ring (bicyclic) bond motifs is 1. The Bertz CT molecular complexity index is 560. The molecule has 0 saturated heterocycles. The van der Waals surface area contributed by atoms with Crippen LogP contribution in [0.4, 0.5) is 0 Å². The van der Waals surface area contributed by atoms with Gasteiger partial charge in [0.1, 0.15) is 23.4 Å². The third-order valence-corrected chi connectivity index (χ3v) is 3.25. The number of benzene rings is 2. The van der Waals surface area contributed by atoms with E-state index < -0.39 is 0 Å². The van der Waals surface area contributed by atoms with Crippen molar-refractivity contribution in [3.63, 3.8) is 0 Å². The van der Waals surface area contributed by atoms with E-state index in [-0.39, 0.29) is 17.6 Å². The molecule has 0 radical (unpaired) electrons. The fourth-order valence-electron chi connectivity index (χ4n) is 2.30. The maximum Gasteiger partial charge on any atom is 0.124 e. The molecule has 3 heteroatoms. The molecule has 1 aliphatic heterocycles. The molecule has 1 heterocycles. The van der Waals surface area contributed by atoms with Crippen molar-refractivity contribution in [1.29, 1.82) is 0 Å². The molecule has 1 aliphatic rings. The minimum absolute atomic E-state index is 0.0163. The second kappa shape index (κ2) is 4.26. The predicted octanol–water partition coefficient (Wildman–Crippen LogP) is 3.16. The molecule has 0 saturated carbocycles. The third-order valence-electron chi connectivity index (χ3n) is 3.25. The summed E-state index contributed by atoms with van der Waals surface area (Å²) < 4.78 is 5.92. The summed E-state index contributed by atoms with van der Waals surface area (Å²) in [5, 5.41) is 18.7. The van der Waals surface area contributed by atoms with Gasteiger partial charge in [0.25, 0.3) is 0 Å². The van der Waals surface area contributed by atoms with Crippen LogP contribution in [-0.4, -0.2) is 10.2 Å². The number of phenolic OH excluding ortho intramolecular Hbond substituents is 2. The largest absolute Gasteiger partial charge is 0.508 e. The Kier molecular flexibility index (Phi) is 2.59. The van der Waals surface area contributed by atoms with E-state index in [4.69, 9.17) is 4.74 Å². The Hall–Kier alpha value is -2.16. The molecule has 0 spiro atoms. The number of ether oxygens (including phenoxy) is 1. The topological polar surface area (TPSA) is 49.7 Å². The normalized spacial score (nSPS) is 17.9. The van der Waals surface area contributed by atoms with Crippen LogP contribution in [0.1, 0.15) is 23.7 Å². The van der Waals surface area contributed by atoms with Gasteiger partial charge in [-0.15, -0.1) is 0 Å². The highest BCUT2D eigenvalue weighted by atomic mass is 16.5. The minimum atomic E-state index is 0.0163. The van der Waals surface area contributed by atoms with Crippen LogP contribution < -0.4 is 4.74 Å². The maximum absolute atomic E-state index is 9.42. The Morgan fingerprint density at radius 1 is 0.944 bits per heavy atom. The highest BCUT2D eigenvalue weighted by Gasteiger charge is 2.21. The van der Waals surface area contributed by atoms with Crippen LogP contribution in [0.25, 0.3) is 0 Å². The van der Waals surface area contributed by atoms with Gasteiger partial charge < -0.3 is 14.9 Å². The second-order valence-electron chi connectivity index (χ2n) is 4.53. The Morgan fingerprint density at radius 2 is 1.67 bits per heavy atom. The van der Waals surface area contributed by atoms with Crippen molar-refractivity contribution < 1.29 is 14.9 Å². The quantitative estimate of drug-likeness (QED) is 0.807. The summed E-state index contributed by atoms with van der Waals surface area (Å²) in [5.41, 5.74) is 2.11. The Morgan fingerprint density at radius 3 is 2.44 bits per heavy atom. The highest BCUT2D eigenvalue weighted by molar-refractivity contribution is 5.42. The van der Waals surface area contributed by atoms with Crippen molar-refractivity contribution in [2.45, 2.75) is 18.9 Å². The maximum atomic E-state index is 9.42. The van der Waals surface area contributed by atoms with Crippen LogP contribution in [0.2, 0.25) is 0 Å². The third kappa shape index (κ3) is 1.99. The summed E-state index contributed by atoms with van der Waals surface area (Å²) in [6, 6.07) is 12.3. The predicted molar refractivity (Wildman–Crippen MR) is 67.9 cm³/mol. The molecule has 3 rings (SSSR count). The van der Waals surface area contributed by atoms with E-state index in [0.717, 1.165) is 29.7 Å². The first kappa shape index (κ1) is 11.0. The van der Waals surface area contributed by atoms with E-state index in [0.29, 0.717) is 0 Å². The van der Waals surface area contributed by atoms with E-state index >= 15 is 0 Å². The summed E-state index contributed by atoms with van der Waals surface area (Å²) in [7, 11) is 0. The minimum Gasteiger partial charge on any atom is -0.508 e. The molecule has 2 N–H and O–H groups in total. The van der Waals surface area contributed by atoms with E-state index in [1.54, 1.807) is 30.3 Å². The van der Waals surface area contributed by atoms with E-state index in [9.17, 15) is 10.2 Å². The number of hydrogen-bond acceptors (Lipinski definition) is 3. The Labute approximate surface area is 105 Å². The number of phenols is 2. The first-order valence-corrected chi connectivity index (χ1v) is 6.00. The molecule has 1 atom stereocenters. The molecule has 3 nitrogen and oxygen atoms in total. The summed E-state index contributed by atoms with van der Waals surface area (Å²) in [6.45, 7) is 0. The number of aromatic hydroxyl groups is 2. The van der Waals surface area contributed by atoms with Gasteiger partial charge in [0, 0.05) is 0 Å². The van der Waals surface area contributed by atoms with Crippen LogP contribution in [-0.2, 0) is 6.42 Å². The molecule has 0 fully saturated rings. The van der Waals surface area contributed by atoms with E-state index in [2.05, 4.69) is 0 Å². The molecule has 92 valence electrons. The van der Waals surface area contributed by atoms with Crippen molar-refractivity contribution in [3.8, 4) is 17.2 Å². The molecule has 2 aromatic carbocycles. The number of rotatable bonds is 1. The average molecular weight is 242 g/mol. The summed E-state index contributed by atoms with van der Waals surface area (Å²) >= 11 is 0. The fourth-order valence-corrected chi connectivity index (χ4v) is 2.30. The van der Waals surface area contributed by atoms with Gasteiger partial charge in [-0.2, -0.15) is 0 Å². The number of aryl methyl sites for hydroxylation is 1. The van der Waals surface area contributed by atoms with Crippen LogP contribution in [0.3, 0.4) is 0 Å². The molecule has 0 aliphatic carbocycles. The van der Waals surface area contributed by atoms with Crippen molar-refractivity contribution in [2.24, 2.45) is 0 Å². The van der Waals surface area contributed by atoms with Crippen LogP contribution >= 0.6 is 0 Å². The molecule has 0 aromatic heterocycles. The fraction of sp³-hybridized carbons (Fsp3) is 0.200. The van der Waals surface area contributed by atoms with E-state index in [1.807, 2.05) is 12.1 Å². The lowest BCUT2D eigenvalue weighted by atomic mass is 9.97. The van der Waals surface area contributed by atoms with Crippen molar-refractivity contribution >= 4 is 0 Å². The lowest BCUT2D eigenvalue weighted by Gasteiger charge is -2.26. The standard InChI is InChI=1S/C15H14O3/c16-12-4-1-10(2-5-12)14-7-3-11-9-13(17)6-8-15(11)18-14/h1-2,4-6,8-9,14,16-17H,3,7H2. The molecular weight excluding hydrogens is 228 g/mol. The first-order valence-electron chi connectivity index (χ1n) is 6.00. The van der Waals surface area contributed by atoms with Gasteiger partial charge in [0.2, 0.25) is 0 Å². The SMILES string of the molecule is Oc1ccc(C2CCc3cc(O)ccc3O2)cc1. The van der Waals surface area contributed by atoms with Gasteiger partial charge in [0.15, 0.2) is 0 Å². The van der Waals surface area contributed by atoms with Crippen LogP contribution in [0.15, 0.2) is 42.5 Å². The summed E-state index contributed by atoms with van der Waals surface area (Å²) in [5.74, 6) is 1.37. The summed E-state index contributed by atoms with van der Waals surface area (Å²) in [6.07, 6.45) is 1.78. The zero-order valence-electron chi connectivity index (χ0n) is 9.84. The number of hydrogen-bond donors (Lipinski definition) is 2. The van der Waals surface area contributed by atoms with Gasteiger partial charge in [-0.05, 0) is 54.3 Å². The molecule has 18 heavy (non-hydrogen) atoms. The van der Waals surface area contributed by atoms with Gasteiger partial charge in [-0.25, -0.2) is 0 Å². The first-order chi connectivity index (χ1) is 8.72. The lowest BCUT2D eigenvalue weighted by Crippen LogP contribution is -2.14. The second-order valence-corrected chi connectivity index (χ2v) is 4.53.